The van der Waals surface area contributed by atoms with Crippen molar-refractivity contribution >= 4 is 27.3 Å². The third kappa shape index (κ3) is 3.29. The number of halogens is 1. The molecule has 4 heteroatoms. The molecule has 0 bridgehead atoms. The molecule has 1 aliphatic carbocycles. The van der Waals surface area contributed by atoms with E-state index in [1.54, 1.807) is 0 Å². The van der Waals surface area contributed by atoms with E-state index in [0.29, 0.717) is 5.41 Å². The summed E-state index contributed by atoms with van der Waals surface area (Å²) in [6.45, 7) is 7.63. The van der Waals surface area contributed by atoms with Gasteiger partial charge >= 0.3 is 0 Å². The molecule has 0 saturated heterocycles. The van der Waals surface area contributed by atoms with Crippen LogP contribution in [0.4, 0.5) is 0 Å². The van der Waals surface area contributed by atoms with Crippen LogP contribution in [0.1, 0.15) is 57.4 Å². The molecule has 0 amide bonds. The first-order valence-electron chi connectivity index (χ1n) is 7.48. The van der Waals surface area contributed by atoms with Crippen molar-refractivity contribution in [2.75, 3.05) is 13.7 Å². The summed E-state index contributed by atoms with van der Waals surface area (Å²) in [5.74, 6) is 0. The maximum Gasteiger partial charge on any atom is 0.0884 e. The number of nitrogens with one attached hydrogen (secondary N) is 1. The average Bonchev–Trinajstić information content (AvgIpc) is 2.81. The first kappa shape index (κ1) is 16.5. The lowest BCUT2D eigenvalue weighted by Gasteiger charge is -2.47. The SMILES string of the molecule is CCOC1(C(NC)c2sccc2Br)CCC(C)(C)CC1. The van der Waals surface area contributed by atoms with Gasteiger partial charge in [0.1, 0.15) is 0 Å². The molecular formula is C16H26BrNOS. The van der Waals surface area contributed by atoms with E-state index in [4.69, 9.17) is 4.74 Å². The summed E-state index contributed by atoms with van der Waals surface area (Å²) < 4.78 is 7.52. The highest BCUT2D eigenvalue weighted by Crippen LogP contribution is 2.49. The normalized spacial score (nSPS) is 22.6. The predicted octanol–water partition coefficient (Wildman–Crippen LogP) is 5.15. The zero-order chi connectivity index (χ0) is 14.8. The van der Waals surface area contributed by atoms with E-state index in [0.717, 1.165) is 19.4 Å². The molecule has 1 aromatic rings. The van der Waals surface area contributed by atoms with Crippen molar-refractivity contribution in [1.29, 1.82) is 0 Å². The second kappa shape index (κ2) is 6.47. The molecule has 1 saturated carbocycles. The Morgan fingerprint density at radius 1 is 1.35 bits per heavy atom. The van der Waals surface area contributed by atoms with Gasteiger partial charge in [-0.05, 0) is 72.4 Å². The minimum Gasteiger partial charge on any atom is -0.373 e. The van der Waals surface area contributed by atoms with Crippen molar-refractivity contribution in [2.24, 2.45) is 5.41 Å². The quantitative estimate of drug-likeness (QED) is 0.784. The lowest BCUT2D eigenvalue weighted by Crippen LogP contribution is -2.48. The van der Waals surface area contributed by atoms with Crippen LogP contribution >= 0.6 is 27.3 Å². The lowest BCUT2D eigenvalue weighted by atomic mass is 9.68. The second-order valence-corrected chi connectivity index (χ2v) is 8.32. The van der Waals surface area contributed by atoms with E-state index >= 15 is 0 Å². The van der Waals surface area contributed by atoms with Crippen LogP contribution in [0.5, 0.6) is 0 Å². The average molecular weight is 360 g/mol. The summed E-state index contributed by atoms with van der Waals surface area (Å²) in [7, 11) is 2.05. The molecule has 2 rings (SSSR count). The molecule has 1 fully saturated rings. The van der Waals surface area contributed by atoms with Crippen LogP contribution in [0.3, 0.4) is 0 Å². The first-order valence-corrected chi connectivity index (χ1v) is 9.15. The Bertz CT molecular complexity index is 433. The fourth-order valence-electron chi connectivity index (χ4n) is 3.30. The Balaban J connectivity index is 2.29. The Kier molecular flexibility index (Phi) is 5.33. The molecular weight excluding hydrogens is 334 g/mol. The van der Waals surface area contributed by atoms with Gasteiger partial charge in [-0.25, -0.2) is 0 Å². The van der Waals surface area contributed by atoms with E-state index < -0.39 is 0 Å². The van der Waals surface area contributed by atoms with Gasteiger partial charge in [-0.15, -0.1) is 11.3 Å². The van der Waals surface area contributed by atoms with E-state index in [2.05, 4.69) is 60.5 Å². The molecule has 1 aromatic heterocycles. The largest absolute Gasteiger partial charge is 0.373 e. The summed E-state index contributed by atoms with van der Waals surface area (Å²) in [4.78, 5) is 1.36. The fourth-order valence-corrected chi connectivity index (χ4v) is 5.11. The number of ether oxygens (including phenoxy) is 1. The number of hydrogen-bond acceptors (Lipinski definition) is 3. The molecule has 20 heavy (non-hydrogen) atoms. The van der Waals surface area contributed by atoms with E-state index in [1.807, 2.05) is 11.3 Å². The molecule has 1 aliphatic rings. The molecule has 1 atom stereocenters. The Morgan fingerprint density at radius 3 is 2.45 bits per heavy atom. The van der Waals surface area contributed by atoms with Crippen molar-refractivity contribution in [3.63, 3.8) is 0 Å². The first-order chi connectivity index (χ1) is 9.44. The Labute approximate surface area is 135 Å². The highest BCUT2D eigenvalue weighted by Gasteiger charge is 2.45. The monoisotopic (exact) mass is 359 g/mol. The maximum absolute atomic E-state index is 6.32. The predicted molar refractivity (Wildman–Crippen MR) is 90.4 cm³/mol. The standard InChI is InChI=1S/C16H26BrNOS/c1-5-19-16(9-7-15(2,3)8-10-16)14(18-4)13-12(17)6-11-20-13/h6,11,14,18H,5,7-10H2,1-4H3. The van der Waals surface area contributed by atoms with Crippen LogP contribution in [-0.2, 0) is 4.74 Å². The van der Waals surface area contributed by atoms with E-state index in [-0.39, 0.29) is 11.6 Å². The van der Waals surface area contributed by atoms with Crippen molar-refractivity contribution in [1.82, 2.24) is 5.32 Å². The van der Waals surface area contributed by atoms with E-state index in [9.17, 15) is 0 Å². The van der Waals surface area contributed by atoms with Gasteiger partial charge in [0.05, 0.1) is 11.6 Å². The third-order valence-electron chi connectivity index (χ3n) is 4.60. The summed E-state index contributed by atoms with van der Waals surface area (Å²) in [6, 6.07) is 2.41. The molecule has 2 nitrogen and oxygen atoms in total. The van der Waals surface area contributed by atoms with Crippen LogP contribution in [0.2, 0.25) is 0 Å². The molecule has 0 spiro atoms. The van der Waals surface area contributed by atoms with Crippen molar-refractivity contribution < 1.29 is 4.74 Å². The van der Waals surface area contributed by atoms with Gasteiger partial charge in [-0.2, -0.15) is 0 Å². The topological polar surface area (TPSA) is 21.3 Å². The van der Waals surface area contributed by atoms with Crippen LogP contribution < -0.4 is 5.32 Å². The highest BCUT2D eigenvalue weighted by molar-refractivity contribution is 9.10. The lowest BCUT2D eigenvalue weighted by molar-refractivity contribution is -0.106. The molecule has 114 valence electrons. The van der Waals surface area contributed by atoms with Crippen molar-refractivity contribution in [2.45, 2.75) is 58.1 Å². The second-order valence-electron chi connectivity index (χ2n) is 6.52. The van der Waals surface area contributed by atoms with Gasteiger partial charge in [0.25, 0.3) is 0 Å². The summed E-state index contributed by atoms with van der Waals surface area (Å²) in [5, 5.41) is 5.67. The highest BCUT2D eigenvalue weighted by atomic mass is 79.9. The molecule has 1 heterocycles. The minimum absolute atomic E-state index is 0.0631. The summed E-state index contributed by atoms with van der Waals surface area (Å²) in [5.41, 5.74) is 0.387. The molecule has 0 aliphatic heterocycles. The zero-order valence-corrected chi connectivity index (χ0v) is 15.4. The maximum atomic E-state index is 6.32. The molecule has 1 unspecified atom stereocenters. The number of rotatable bonds is 5. The molecule has 1 N–H and O–H groups in total. The van der Waals surface area contributed by atoms with Gasteiger partial charge in [0, 0.05) is 16.0 Å². The minimum atomic E-state index is -0.0631. The number of thiophene rings is 1. The smallest absolute Gasteiger partial charge is 0.0884 e. The fraction of sp³-hybridized carbons (Fsp3) is 0.750. The number of likely N-dealkylation sites (N-methyl/N-ethyl adjacent to an activating group) is 1. The van der Waals surface area contributed by atoms with Crippen molar-refractivity contribution in [3.8, 4) is 0 Å². The Hall–Kier alpha value is 0.100. The van der Waals surface area contributed by atoms with Gasteiger partial charge in [0.15, 0.2) is 0 Å². The number of hydrogen-bond donors (Lipinski definition) is 1. The van der Waals surface area contributed by atoms with Crippen molar-refractivity contribution in [3.05, 3.63) is 20.8 Å². The van der Waals surface area contributed by atoms with E-state index in [1.165, 1.54) is 22.2 Å². The Morgan fingerprint density at radius 2 is 2.00 bits per heavy atom. The third-order valence-corrected chi connectivity index (χ3v) is 6.54. The van der Waals surface area contributed by atoms with Gasteiger partial charge < -0.3 is 10.1 Å². The summed E-state index contributed by atoms with van der Waals surface area (Å²) in [6.07, 6.45) is 4.72. The van der Waals surface area contributed by atoms with Crippen LogP contribution in [0.15, 0.2) is 15.9 Å². The molecule has 0 radical (unpaired) electrons. The molecule has 0 aromatic carbocycles. The van der Waals surface area contributed by atoms with Gasteiger partial charge in [-0.3, -0.25) is 0 Å². The van der Waals surface area contributed by atoms with Crippen LogP contribution in [0.25, 0.3) is 0 Å². The van der Waals surface area contributed by atoms with Crippen LogP contribution in [-0.4, -0.2) is 19.3 Å². The van der Waals surface area contributed by atoms with Gasteiger partial charge in [0.2, 0.25) is 0 Å². The zero-order valence-electron chi connectivity index (χ0n) is 13.0. The van der Waals surface area contributed by atoms with Gasteiger partial charge in [-0.1, -0.05) is 13.8 Å². The summed E-state index contributed by atoms with van der Waals surface area (Å²) >= 11 is 5.50. The van der Waals surface area contributed by atoms with Crippen LogP contribution in [0, 0.1) is 5.41 Å².